The minimum absolute atomic E-state index is 0.288. The highest BCUT2D eigenvalue weighted by Crippen LogP contribution is 2.30. The minimum atomic E-state index is -0.364. The second kappa shape index (κ2) is 8.26. The van der Waals surface area contributed by atoms with Crippen LogP contribution in [0.4, 0.5) is 10.5 Å². The van der Waals surface area contributed by atoms with E-state index in [9.17, 15) is 4.79 Å². The van der Waals surface area contributed by atoms with Gasteiger partial charge in [0.05, 0.1) is 31.0 Å². The monoisotopic (exact) mass is 412 g/mol. The molecule has 0 aliphatic carbocycles. The first-order chi connectivity index (χ1) is 11.4. The smallest absolute Gasteiger partial charge is 0.319 e. The molecule has 0 saturated carbocycles. The number of ether oxygens (including phenoxy) is 2. The Kier molecular flexibility index (Phi) is 6.34. The molecule has 2 amide bonds. The highest BCUT2D eigenvalue weighted by atomic mass is 79.9. The van der Waals surface area contributed by atoms with Gasteiger partial charge < -0.3 is 20.1 Å². The van der Waals surface area contributed by atoms with Gasteiger partial charge in [-0.1, -0.05) is 27.5 Å². The van der Waals surface area contributed by atoms with Gasteiger partial charge in [-0.15, -0.1) is 0 Å². The van der Waals surface area contributed by atoms with Gasteiger partial charge in [0.1, 0.15) is 11.5 Å². The number of halogens is 2. The van der Waals surface area contributed by atoms with E-state index < -0.39 is 0 Å². The topological polar surface area (TPSA) is 59.6 Å². The molecule has 2 aromatic carbocycles. The van der Waals surface area contributed by atoms with E-state index in [2.05, 4.69) is 26.6 Å². The van der Waals surface area contributed by atoms with Gasteiger partial charge in [-0.3, -0.25) is 0 Å². The van der Waals surface area contributed by atoms with E-state index in [1.165, 1.54) is 0 Å². The Morgan fingerprint density at radius 1 is 1.17 bits per heavy atom. The molecule has 24 heavy (non-hydrogen) atoms. The highest BCUT2D eigenvalue weighted by Gasteiger charge is 2.16. The first-order valence-electron chi connectivity index (χ1n) is 7.19. The molecule has 0 spiro atoms. The first kappa shape index (κ1) is 18.4. The van der Waals surface area contributed by atoms with Crippen molar-refractivity contribution < 1.29 is 14.3 Å². The summed E-state index contributed by atoms with van der Waals surface area (Å²) in [6.45, 7) is 1.86. The number of carbonyl (C=O) groups is 1. The van der Waals surface area contributed by atoms with Gasteiger partial charge in [0.15, 0.2) is 0 Å². The third-order valence-electron chi connectivity index (χ3n) is 3.43. The Labute approximate surface area is 154 Å². The Morgan fingerprint density at radius 2 is 1.92 bits per heavy atom. The maximum absolute atomic E-state index is 12.2. The molecule has 0 radical (unpaired) electrons. The van der Waals surface area contributed by atoms with Gasteiger partial charge in [-0.2, -0.15) is 0 Å². The molecule has 2 N–H and O–H groups in total. The molecule has 0 aliphatic heterocycles. The Morgan fingerprint density at radius 3 is 2.54 bits per heavy atom. The number of urea groups is 1. The van der Waals surface area contributed by atoms with Crippen LogP contribution in [0, 0.1) is 0 Å². The summed E-state index contributed by atoms with van der Waals surface area (Å²) in [4.78, 5) is 12.2. The summed E-state index contributed by atoms with van der Waals surface area (Å²) < 4.78 is 11.4. The zero-order valence-corrected chi connectivity index (χ0v) is 15.9. The Balaban J connectivity index is 2.11. The van der Waals surface area contributed by atoms with E-state index >= 15 is 0 Å². The number of amides is 2. The van der Waals surface area contributed by atoms with Crippen LogP contribution in [0.5, 0.6) is 11.5 Å². The van der Waals surface area contributed by atoms with Crippen molar-refractivity contribution in [2.45, 2.75) is 13.0 Å². The van der Waals surface area contributed by atoms with Crippen LogP contribution >= 0.6 is 27.5 Å². The number of carbonyl (C=O) groups excluding carboxylic acids is 1. The third kappa shape index (κ3) is 4.55. The third-order valence-corrected chi connectivity index (χ3v) is 4.24. The molecule has 128 valence electrons. The van der Waals surface area contributed by atoms with E-state index in [0.29, 0.717) is 22.2 Å². The first-order valence-corrected chi connectivity index (χ1v) is 8.36. The maximum Gasteiger partial charge on any atom is 0.319 e. The average Bonchev–Trinajstić information content (AvgIpc) is 2.56. The van der Waals surface area contributed by atoms with E-state index in [0.717, 1.165) is 10.0 Å². The summed E-state index contributed by atoms with van der Waals surface area (Å²) in [5.41, 5.74) is 1.34. The normalized spacial score (nSPS) is 11.5. The van der Waals surface area contributed by atoms with E-state index in [1.54, 1.807) is 44.6 Å². The van der Waals surface area contributed by atoms with Crippen LogP contribution in [0.3, 0.4) is 0 Å². The summed E-state index contributed by atoms with van der Waals surface area (Å²) in [5.74, 6) is 1.36. The molecule has 5 nitrogen and oxygen atoms in total. The van der Waals surface area contributed by atoms with Crippen LogP contribution in [0.2, 0.25) is 5.02 Å². The van der Waals surface area contributed by atoms with Crippen LogP contribution in [0.15, 0.2) is 40.9 Å². The zero-order chi connectivity index (χ0) is 17.7. The largest absolute Gasteiger partial charge is 0.497 e. The quantitative estimate of drug-likeness (QED) is 0.725. The predicted octanol–water partition coefficient (Wildman–Crippen LogP) is 5.00. The SMILES string of the molecule is COc1ccc(OC)c([C@H](C)NC(=O)Nc2ccc(Br)cc2Cl)c1. The fourth-order valence-corrected chi connectivity index (χ4v) is 2.92. The lowest BCUT2D eigenvalue weighted by Gasteiger charge is -2.19. The number of anilines is 1. The maximum atomic E-state index is 12.2. The molecule has 0 aliphatic rings. The predicted molar refractivity (Wildman–Crippen MR) is 99.3 cm³/mol. The molecule has 2 rings (SSSR count). The molecule has 7 heteroatoms. The van der Waals surface area contributed by atoms with Crippen LogP contribution in [-0.2, 0) is 0 Å². The van der Waals surface area contributed by atoms with Crippen molar-refractivity contribution >= 4 is 39.2 Å². The Bertz CT molecular complexity index is 740. The summed E-state index contributed by atoms with van der Waals surface area (Å²) in [5, 5.41) is 6.04. The standard InChI is InChI=1S/C17H18BrClN2O3/c1-10(13-9-12(23-2)5-7-16(13)24-3)20-17(22)21-15-6-4-11(18)8-14(15)19/h4-10H,1-3H3,(H2,20,21,22)/t10-/m0/s1. The molecular formula is C17H18BrClN2O3. The lowest BCUT2D eigenvalue weighted by molar-refractivity contribution is 0.249. The van der Waals surface area contributed by atoms with Crippen molar-refractivity contribution in [3.05, 3.63) is 51.5 Å². The molecule has 0 aromatic heterocycles. The molecule has 2 aromatic rings. The van der Waals surface area contributed by atoms with Crippen LogP contribution in [-0.4, -0.2) is 20.3 Å². The van der Waals surface area contributed by atoms with Gasteiger partial charge in [0, 0.05) is 10.0 Å². The number of hydrogen-bond acceptors (Lipinski definition) is 3. The second-order valence-electron chi connectivity index (χ2n) is 5.05. The Hall–Kier alpha value is -1.92. The van der Waals surface area contributed by atoms with Gasteiger partial charge >= 0.3 is 6.03 Å². The lowest BCUT2D eigenvalue weighted by atomic mass is 10.1. The number of methoxy groups -OCH3 is 2. The molecule has 0 heterocycles. The van der Waals surface area contributed by atoms with Crippen molar-refractivity contribution in [3.63, 3.8) is 0 Å². The fourth-order valence-electron chi connectivity index (χ4n) is 2.20. The highest BCUT2D eigenvalue weighted by molar-refractivity contribution is 9.10. The summed E-state index contributed by atoms with van der Waals surface area (Å²) in [6, 6.07) is 10.0. The number of nitrogens with one attached hydrogen (secondary N) is 2. The van der Waals surface area contributed by atoms with Gasteiger partial charge in [0.25, 0.3) is 0 Å². The summed E-state index contributed by atoms with van der Waals surface area (Å²) in [6.07, 6.45) is 0. The zero-order valence-electron chi connectivity index (χ0n) is 13.5. The van der Waals surface area contributed by atoms with Crippen molar-refractivity contribution in [2.24, 2.45) is 0 Å². The lowest BCUT2D eigenvalue weighted by Crippen LogP contribution is -2.31. The van der Waals surface area contributed by atoms with Crippen LogP contribution in [0.25, 0.3) is 0 Å². The van der Waals surface area contributed by atoms with Crippen LogP contribution < -0.4 is 20.1 Å². The number of hydrogen-bond donors (Lipinski definition) is 2. The molecule has 0 unspecified atom stereocenters. The second-order valence-corrected chi connectivity index (χ2v) is 6.38. The van der Waals surface area contributed by atoms with Crippen molar-refractivity contribution in [2.75, 3.05) is 19.5 Å². The van der Waals surface area contributed by atoms with E-state index in [1.807, 2.05) is 13.0 Å². The van der Waals surface area contributed by atoms with Crippen molar-refractivity contribution in [1.29, 1.82) is 0 Å². The molecule has 0 bridgehead atoms. The number of benzene rings is 2. The molecule has 0 fully saturated rings. The summed E-state index contributed by atoms with van der Waals surface area (Å²) in [7, 11) is 3.17. The van der Waals surface area contributed by atoms with E-state index in [4.69, 9.17) is 21.1 Å². The molecule has 1 atom stereocenters. The van der Waals surface area contributed by atoms with E-state index in [-0.39, 0.29) is 12.1 Å². The van der Waals surface area contributed by atoms with Gasteiger partial charge in [-0.05, 0) is 43.3 Å². The van der Waals surface area contributed by atoms with Crippen LogP contribution in [0.1, 0.15) is 18.5 Å². The summed E-state index contributed by atoms with van der Waals surface area (Å²) >= 11 is 9.43. The van der Waals surface area contributed by atoms with Gasteiger partial charge in [-0.25, -0.2) is 4.79 Å². The van der Waals surface area contributed by atoms with Crippen molar-refractivity contribution in [3.8, 4) is 11.5 Å². The number of rotatable bonds is 5. The molecular weight excluding hydrogens is 396 g/mol. The van der Waals surface area contributed by atoms with Gasteiger partial charge in [0.2, 0.25) is 0 Å². The fraction of sp³-hybridized carbons (Fsp3) is 0.235. The molecule has 0 saturated heterocycles. The van der Waals surface area contributed by atoms with Crippen molar-refractivity contribution in [1.82, 2.24) is 5.32 Å². The minimum Gasteiger partial charge on any atom is -0.497 e. The average molecular weight is 414 g/mol.